The van der Waals surface area contributed by atoms with Crippen LogP contribution in [-0.2, 0) is 0 Å². The third-order valence-electron chi connectivity index (χ3n) is 2.28. The predicted molar refractivity (Wildman–Crippen MR) is 54.5 cm³/mol. The Kier molecular flexibility index (Phi) is 2.19. The van der Waals surface area contributed by atoms with Crippen molar-refractivity contribution in [1.29, 1.82) is 0 Å². The van der Waals surface area contributed by atoms with Gasteiger partial charge in [-0.1, -0.05) is 19.9 Å². The van der Waals surface area contributed by atoms with E-state index in [4.69, 9.17) is 0 Å². The molecule has 0 radical (unpaired) electrons. The largest absolute Gasteiger partial charge is 0.545 e. The molecule has 0 atom stereocenters. The molecule has 0 saturated heterocycles. The summed E-state index contributed by atoms with van der Waals surface area (Å²) >= 11 is 0. The minimum Gasteiger partial charge on any atom is -0.545 e. The summed E-state index contributed by atoms with van der Waals surface area (Å²) in [5, 5.41) is 10.6. The number of hydrogen-bond acceptors (Lipinski definition) is 3. The number of hydrogen-bond donors (Lipinski definition) is 1. The lowest BCUT2D eigenvalue weighted by atomic mass is 10.2. The highest BCUT2D eigenvalue weighted by Gasteiger charge is 2.06. The van der Waals surface area contributed by atoms with Crippen molar-refractivity contribution in [3.05, 3.63) is 29.6 Å². The van der Waals surface area contributed by atoms with Crippen LogP contribution in [0.15, 0.2) is 18.2 Å². The number of benzene rings is 1. The van der Waals surface area contributed by atoms with Gasteiger partial charge in [-0.25, -0.2) is 4.98 Å². The average Bonchev–Trinajstić information content (AvgIpc) is 2.59. The van der Waals surface area contributed by atoms with E-state index in [2.05, 4.69) is 9.97 Å². The van der Waals surface area contributed by atoms with Gasteiger partial charge in [-0.3, -0.25) is 0 Å². The van der Waals surface area contributed by atoms with Crippen molar-refractivity contribution in [3.63, 3.8) is 0 Å². The highest BCUT2D eigenvalue weighted by atomic mass is 16.4. The van der Waals surface area contributed by atoms with E-state index in [0.29, 0.717) is 5.92 Å². The molecule has 1 heterocycles. The first-order valence-electron chi connectivity index (χ1n) is 4.79. The first-order valence-corrected chi connectivity index (χ1v) is 4.79. The van der Waals surface area contributed by atoms with Gasteiger partial charge in [-0.05, 0) is 17.7 Å². The third-order valence-corrected chi connectivity index (χ3v) is 2.28. The SMILES string of the molecule is CC(C)c1nc2ccc(C(=O)[O-])cc2[nH]1. The molecule has 0 aliphatic rings. The second-order valence-electron chi connectivity index (χ2n) is 3.80. The summed E-state index contributed by atoms with van der Waals surface area (Å²) in [7, 11) is 0. The summed E-state index contributed by atoms with van der Waals surface area (Å²) < 4.78 is 0. The van der Waals surface area contributed by atoms with Gasteiger partial charge >= 0.3 is 0 Å². The van der Waals surface area contributed by atoms with Crippen LogP contribution in [0, 0.1) is 0 Å². The predicted octanol–water partition coefficient (Wildman–Crippen LogP) is 1.05. The number of H-pyrrole nitrogens is 1. The smallest absolute Gasteiger partial charge is 0.109 e. The molecule has 0 aliphatic carbocycles. The minimum atomic E-state index is -1.17. The molecule has 78 valence electrons. The summed E-state index contributed by atoms with van der Waals surface area (Å²) in [5.41, 5.74) is 1.69. The summed E-state index contributed by atoms with van der Waals surface area (Å²) in [6.45, 7) is 4.05. The zero-order valence-corrected chi connectivity index (χ0v) is 8.57. The Bertz CT molecular complexity index is 514. The number of nitrogens with zero attached hydrogens (tertiary/aromatic N) is 1. The van der Waals surface area contributed by atoms with Crippen LogP contribution in [0.3, 0.4) is 0 Å². The number of aromatic amines is 1. The van der Waals surface area contributed by atoms with E-state index in [9.17, 15) is 9.90 Å². The maximum absolute atomic E-state index is 10.6. The molecule has 0 bridgehead atoms. The number of rotatable bonds is 2. The van der Waals surface area contributed by atoms with Gasteiger partial charge in [0.15, 0.2) is 0 Å². The van der Waals surface area contributed by atoms with Crippen molar-refractivity contribution >= 4 is 17.0 Å². The molecule has 0 aliphatic heterocycles. The number of fused-ring (bicyclic) bond motifs is 1. The fourth-order valence-electron chi connectivity index (χ4n) is 1.43. The molecular formula is C11H11N2O2-. The molecular weight excluding hydrogens is 192 g/mol. The van der Waals surface area contributed by atoms with Crippen LogP contribution < -0.4 is 5.11 Å². The monoisotopic (exact) mass is 203 g/mol. The van der Waals surface area contributed by atoms with E-state index in [0.717, 1.165) is 16.9 Å². The maximum Gasteiger partial charge on any atom is 0.109 e. The number of nitrogens with one attached hydrogen (secondary N) is 1. The Labute approximate surface area is 87.0 Å². The van der Waals surface area contributed by atoms with Crippen LogP contribution in [0.1, 0.15) is 35.9 Å². The van der Waals surface area contributed by atoms with E-state index in [-0.39, 0.29) is 5.56 Å². The van der Waals surface area contributed by atoms with Crippen molar-refractivity contribution in [1.82, 2.24) is 9.97 Å². The zero-order chi connectivity index (χ0) is 11.0. The van der Waals surface area contributed by atoms with Gasteiger partial charge in [0.05, 0.1) is 17.0 Å². The van der Waals surface area contributed by atoms with Gasteiger partial charge in [0.25, 0.3) is 0 Å². The molecule has 2 rings (SSSR count). The van der Waals surface area contributed by atoms with Crippen LogP contribution in [0.2, 0.25) is 0 Å². The molecule has 0 fully saturated rings. The lowest BCUT2D eigenvalue weighted by Gasteiger charge is -2.00. The van der Waals surface area contributed by atoms with Crippen LogP contribution in [0.5, 0.6) is 0 Å². The van der Waals surface area contributed by atoms with Crippen molar-refractivity contribution in [2.45, 2.75) is 19.8 Å². The topological polar surface area (TPSA) is 68.8 Å². The van der Waals surface area contributed by atoms with E-state index >= 15 is 0 Å². The molecule has 0 unspecified atom stereocenters. The molecule has 0 spiro atoms. The molecule has 0 saturated carbocycles. The number of imidazole rings is 1. The number of carboxylic acids is 1. The third kappa shape index (κ3) is 1.70. The first kappa shape index (κ1) is 9.71. The van der Waals surface area contributed by atoms with E-state index in [1.165, 1.54) is 6.07 Å². The number of carboxylic acid groups (broad SMARTS) is 1. The molecule has 4 heteroatoms. The Hall–Kier alpha value is -1.84. The van der Waals surface area contributed by atoms with E-state index in [1.807, 2.05) is 13.8 Å². The Morgan fingerprint density at radius 2 is 2.20 bits per heavy atom. The standard InChI is InChI=1S/C11H12N2O2/c1-6(2)10-12-8-4-3-7(11(14)15)5-9(8)13-10/h3-6H,1-2H3,(H,12,13)(H,14,15)/p-1. The average molecular weight is 203 g/mol. The molecule has 1 N–H and O–H groups in total. The van der Waals surface area contributed by atoms with Gasteiger partial charge in [0, 0.05) is 5.92 Å². The van der Waals surface area contributed by atoms with Gasteiger partial charge in [0.1, 0.15) is 5.82 Å². The fraction of sp³-hybridized carbons (Fsp3) is 0.273. The van der Waals surface area contributed by atoms with Crippen LogP contribution >= 0.6 is 0 Å². The van der Waals surface area contributed by atoms with Gasteiger partial charge in [0.2, 0.25) is 0 Å². The van der Waals surface area contributed by atoms with Crippen LogP contribution in [0.4, 0.5) is 0 Å². The van der Waals surface area contributed by atoms with Crippen LogP contribution in [-0.4, -0.2) is 15.9 Å². The normalized spacial score (nSPS) is 11.1. The highest BCUT2D eigenvalue weighted by molar-refractivity contribution is 5.91. The summed E-state index contributed by atoms with van der Waals surface area (Å²) in [4.78, 5) is 18.1. The lowest BCUT2D eigenvalue weighted by molar-refractivity contribution is -0.255. The maximum atomic E-state index is 10.6. The van der Waals surface area contributed by atoms with Gasteiger partial charge < -0.3 is 14.9 Å². The van der Waals surface area contributed by atoms with E-state index < -0.39 is 5.97 Å². The molecule has 1 aromatic heterocycles. The number of carbonyl (C=O) groups excluding carboxylic acids is 1. The van der Waals surface area contributed by atoms with Gasteiger partial charge in [-0.15, -0.1) is 0 Å². The molecule has 0 amide bonds. The number of carbonyl (C=O) groups is 1. The highest BCUT2D eigenvalue weighted by Crippen LogP contribution is 2.17. The fourth-order valence-corrected chi connectivity index (χ4v) is 1.43. The Morgan fingerprint density at radius 3 is 2.80 bits per heavy atom. The van der Waals surface area contributed by atoms with Crippen molar-refractivity contribution < 1.29 is 9.90 Å². The number of aromatic carboxylic acids is 1. The molecule has 2 aromatic rings. The molecule has 4 nitrogen and oxygen atoms in total. The molecule has 15 heavy (non-hydrogen) atoms. The minimum absolute atomic E-state index is 0.168. The molecule has 1 aromatic carbocycles. The number of aromatic nitrogens is 2. The summed E-state index contributed by atoms with van der Waals surface area (Å²) in [6.07, 6.45) is 0. The summed E-state index contributed by atoms with van der Waals surface area (Å²) in [5.74, 6) is -0.0121. The van der Waals surface area contributed by atoms with E-state index in [1.54, 1.807) is 12.1 Å². The zero-order valence-electron chi connectivity index (χ0n) is 8.57. The summed E-state index contributed by atoms with van der Waals surface area (Å²) in [6, 6.07) is 4.73. The lowest BCUT2D eigenvalue weighted by Crippen LogP contribution is -2.21. The Balaban J connectivity index is 2.57. The second kappa shape index (κ2) is 3.38. The van der Waals surface area contributed by atoms with Gasteiger partial charge in [-0.2, -0.15) is 0 Å². The second-order valence-corrected chi connectivity index (χ2v) is 3.80. The quantitative estimate of drug-likeness (QED) is 0.793. The first-order chi connectivity index (χ1) is 7.08. The van der Waals surface area contributed by atoms with Crippen LogP contribution in [0.25, 0.3) is 11.0 Å². The van der Waals surface area contributed by atoms with Crippen molar-refractivity contribution in [3.8, 4) is 0 Å². The van der Waals surface area contributed by atoms with Crippen molar-refractivity contribution in [2.75, 3.05) is 0 Å². The Morgan fingerprint density at radius 1 is 1.47 bits per heavy atom. The van der Waals surface area contributed by atoms with Crippen molar-refractivity contribution in [2.24, 2.45) is 0 Å².